The van der Waals surface area contributed by atoms with Gasteiger partial charge in [-0.1, -0.05) is 22.7 Å². The molecule has 0 bridgehead atoms. The molecule has 2 nitrogen and oxygen atoms in total. The monoisotopic (exact) mass is 185 g/mol. The molecule has 0 radical (unpaired) electrons. The highest BCUT2D eigenvalue weighted by atomic mass is 32.2. The van der Waals surface area contributed by atoms with Gasteiger partial charge in [0.25, 0.3) is 0 Å². The SMILES string of the molecule is C[N+](CCC#N)=c1sccs1. The van der Waals surface area contributed by atoms with Crippen molar-refractivity contribution in [2.45, 2.75) is 6.42 Å². The Morgan fingerprint density at radius 1 is 1.55 bits per heavy atom. The van der Waals surface area contributed by atoms with E-state index in [4.69, 9.17) is 5.26 Å². The minimum Gasteiger partial charge on any atom is -0.214 e. The molecule has 11 heavy (non-hydrogen) atoms. The quantitative estimate of drug-likeness (QED) is 0.634. The predicted octanol–water partition coefficient (Wildman–Crippen LogP) is 1.13. The maximum Gasteiger partial charge on any atom is 0.313 e. The minimum absolute atomic E-state index is 0.598. The Kier molecular flexibility index (Phi) is 3.27. The molecule has 0 aliphatic rings. The van der Waals surface area contributed by atoms with E-state index in [2.05, 4.69) is 21.4 Å². The van der Waals surface area contributed by atoms with Crippen LogP contribution in [0.3, 0.4) is 0 Å². The van der Waals surface area contributed by atoms with Crippen LogP contribution in [0.2, 0.25) is 0 Å². The van der Waals surface area contributed by atoms with E-state index in [9.17, 15) is 0 Å². The van der Waals surface area contributed by atoms with Crippen LogP contribution in [0.4, 0.5) is 0 Å². The maximum absolute atomic E-state index is 8.34. The lowest BCUT2D eigenvalue weighted by Crippen LogP contribution is -2.21. The first-order valence-corrected chi connectivity index (χ1v) is 5.04. The largest absolute Gasteiger partial charge is 0.313 e. The summed E-state index contributed by atoms with van der Waals surface area (Å²) >= 11 is 3.43. The van der Waals surface area contributed by atoms with Crippen LogP contribution < -0.4 is 8.56 Å². The summed E-state index contributed by atoms with van der Waals surface area (Å²) in [6.45, 7) is 0.827. The zero-order valence-corrected chi connectivity index (χ0v) is 7.91. The van der Waals surface area contributed by atoms with E-state index in [1.165, 1.54) is 3.98 Å². The predicted molar refractivity (Wildman–Crippen MR) is 48.5 cm³/mol. The molecule has 0 aliphatic heterocycles. The lowest BCUT2D eigenvalue weighted by atomic mass is 10.5. The van der Waals surface area contributed by atoms with Gasteiger partial charge < -0.3 is 0 Å². The summed E-state index contributed by atoms with van der Waals surface area (Å²) in [7, 11) is 2.01. The fourth-order valence-electron chi connectivity index (χ4n) is 0.689. The molecule has 0 atom stereocenters. The third-order valence-electron chi connectivity index (χ3n) is 1.26. The average Bonchev–Trinajstić information content (AvgIpc) is 2.52. The van der Waals surface area contributed by atoms with Gasteiger partial charge in [0, 0.05) is 10.8 Å². The zero-order chi connectivity index (χ0) is 8.10. The van der Waals surface area contributed by atoms with Gasteiger partial charge >= 0.3 is 3.98 Å². The summed E-state index contributed by atoms with van der Waals surface area (Å²) in [5.74, 6) is 0. The Labute approximate surface area is 73.7 Å². The second-order valence-corrected chi connectivity index (χ2v) is 4.15. The molecule has 1 aromatic rings. The average molecular weight is 185 g/mol. The van der Waals surface area contributed by atoms with E-state index in [-0.39, 0.29) is 0 Å². The van der Waals surface area contributed by atoms with Gasteiger partial charge in [-0.2, -0.15) is 5.26 Å². The zero-order valence-electron chi connectivity index (χ0n) is 6.28. The van der Waals surface area contributed by atoms with Gasteiger partial charge in [-0.3, -0.25) is 0 Å². The molecule has 58 valence electrons. The third kappa shape index (κ3) is 2.45. The lowest BCUT2D eigenvalue weighted by molar-refractivity contribution is 0.695. The van der Waals surface area contributed by atoms with E-state index in [1.807, 2.05) is 7.05 Å². The van der Waals surface area contributed by atoms with Crippen molar-refractivity contribution in [3.8, 4) is 6.07 Å². The normalized spacial score (nSPS) is 9.09. The summed E-state index contributed by atoms with van der Waals surface area (Å²) in [6.07, 6.45) is 0.598. The van der Waals surface area contributed by atoms with Crippen molar-refractivity contribution in [3.05, 3.63) is 14.7 Å². The summed E-state index contributed by atoms with van der Waals surface area (Å²) < 4.78 is 3.37. The van der Waals surface area contributed by atoms with E-state index in [1.54, 1.807) is 22.7 Å². The fourth-order valence-corrected chi connectivity index (χ4v) is 2.46. The highest BCUT2D eigenvalue weighted by Crippen LogP contribution is 1.92. The van der Waals surface area contributed by atoms with Crippen molar-refractivity contribution >= 4 is 22.7 Å². The van der Waals surface area contributed by atoms with Crippen molar-refractivity contribution in [1.82, 2.24) is 4.58 Å². The summed E-state index contributed by atoms with van der Waals surface area (Å²) in [5.41, 5.74) is 0. The first-order valence-electron chi connectivity index (χ1n) is 3.28. The summed E-state index contributed by atoms with van der Waals surface area (Å²) in [6, 6.07) is 2.13. The van der Waals surface area contributed by atoms with Gasteiger partial charge in [-0.15, -0.1) is 0 Å². The lowest BCUT2D eigenvalue weighted by Gasteiger charge is -1.86. The van der Waals surface area contributed by atoms with E-state index in [0.29, 0.717) is 6.42 Å². The second-order valence-electron chi connectivity index (χ2n) is 2.10. The molecule has 0 saturated carbocycles. The first-order chi connectivity index (χ1) is 5.34. The molecule has 0 spiro atoms. The van der Waals surface area contributed by atoms with Crippen LogP contribution in [0.25, 0.3) is 0 Å². The van der Waals surface area contributed by atoms with E-state index in [0.717, 1.165) is 6.54 Å². The fraction of sp³-hybridized carbons (Fsp3) is 0.429. The Morgan fingerprint density at radius 2 is 2.18 bits per heavy atom. The topological polar surface area (TPSA) is 26.8 Å². The molecule has 0 aromatic carbocycles. The Hall–Kier alpha value is -0.660. The minimum atomic E-state index is 0.598. The first kappa shape index (κ1) is 8.44. The van der Waals surface area contributed by atoms with Crippen molar-refractivity contribution in [2.75, 3.05) is 13.6 Å². The van der Waals surface area contributed by atoms with Gasteiger partial charge in [-0.25, -0.2) is 4.58 Å². The molecular formula is C7H9N2S2+. The van der Waals surface area contributed by atoms with Gasteiger partial charge in [0.15, 0.2) is 6.54 Å². The van der Waals surface area contributed by atoms with E-state index < -0.39 is 0 Å². The molecule has 0 saturated heterocycles. The van der Waals surface area contributed by atoms with Crippen LogP contribution >= 0.6 is 22.7 Å². The molecule has 1 rings (SSSR count). The number of hydrogen-bond acceptors (Lipinski definition) is 3. The van der Waals surface area contributed by atoms with Crippen LogP contribution in [0.5, 0.6) is 0 Å². The number of hydrogen-bond donors (Lipinski definition) is 0. The highest BCUT2D eigenvalue weighted by molar-refractivity contribution is 7.24. The second kappa shape index (κ2) is 4.27. The smallest absolute Gasteiger partial charge is 0.214 e. The molecular weight excluding hydrogens is 176 g/mol. The van der Waals surface area contributed by atoms with Crippen LogP contribution in [-0.2, 0) is 0 Å². The van der Waals surface area contributed by atoms with Crippen LogP contribution in [0.1, 0.15) is 6.42 Å². The number of nitriles is 1. The molecule has 0 aliphatic carbocycles. The van der Waals surface area contributed by atoms with Gasteiger partial charge in [0.2, 0.25) is 0 Å². The van der Waals surface area contributed by atoms with Gasteiger partial charge in [0.1, 0.15) is 7.05 Å². The van der Waals surface area contributed by atoms with Gasteiger partial charge in [0.05, 0.1) is 12.5 Å². The number of rotatable bonds is 2. The van der Waals surface area contributed by atoms with Crippen molar-refractivity contribution in [3.63, 3.8) is 0 Å². The van der Waals surface area contributed by atoms with Gasteiger partial charge in [-0.05, 0) is 0 Å². The Bertz CT molecular complexity index is 299. The molecule has 1 aromatic heterocycles. The van der Waals surface area contributed by atoms with Crippen molar-refractivity contribution < 1.29 is 0 Å². The molecule has 1 heterocycles. The summed E-state index contributed by atoms with van der Waals surface area (Å²) in [5, 5.41) is 12.5. The van der Waals surface area contributed by atoms with E-state index >= 15 is 0 Å². The Balaban J connectivity index is 2.76. The summed E-state index contributed by atoms with van der Waals surface area (Å²) in [4.78, 5) is 0. The molecule has 0 unspecified atom stereocenters. The van der Waals surface area contributed by atoms with Crippen LogP contribution in [0, 0.1) is 11.3 Å². The van der Waals surface area contributed by atoms with Crippen LogP contribution in [0.15, 0.2) is 10.8 Å². The molecule has 0 fully saturated rings. The third-order valence-corrected chi connectivity index (χ3v) is 3.58. The highest BCUT2D eigenvalue weighted by Gasteiger charge is 1.97. The standard InChI is InChI=1S/C7H9N2S2/c1-9(4-2-3-8)7-10-5-6-11-7/h5-6H,2,4H2,1H3/q+1. The Morgan fingerprint density at radius 3 is 2.73 bits per heavy atom. The number of nitrogens with zero attached hydrogens (tertiary/aromatic N) is 2. The molecule has 4 heteroatoms. The maximum atomic E-state index is 8.34. The molecule has 0 amide bonds. The van der Waals surface area contributed by atoms with Crippen molar-refractivity contribution in [1.29, 1.82) is 5.26 Å². The van der Waals surface area contributed by atoms with Crippen LogP contribution in [-0.4, -0.2) is 13.6 Å². The van der Waals surface area contributed by atoms with Crippen molar-refractivity contribution in [2.24, 2.45) is 0 Å². The molecule has 0 N–H and O–H groups in total.